The molecule has 1 rings (SSSR count). The maximum absolute atomic E-state index is 11.8. The van der Waals surface area contributed by atoms with Crippen molar-refractivity contribution in [2.75, 3.05) is 5.52 Å². The smallest absolute Gasteiger partial charge is 0.342 e. The first kappa shape index (κ1) is 13.0. The number of alkyl halides is 1. The second-order valence-corrected chi connectivity index (χ2v) is 4.71. The highest BCUT2D eigenvalue weighted by Crippen LogP contribution is 2.21. The maximum atomic E-state index is 11.8. The van der Waals surface area contributed by atoms with Crippen molar-refractivity contribution in [2.24, 2.45) is 0 Å². The van der Waals surface area contributed by atoms with Gasteiger partial charge in [-0.1, -0.05) is 12.1 Å². The van der Waals surface area contributed by atoms with Gasteiger partial charge in [-0.25, -0.2) is 4.79 Å². The summed E-state index contributed by atoms with van der Waals surface area (Å²) in [7, 11) is 0. The van der Waals surface area contributed by atoms with Crippen LogP contribution in [0.25, 0.3) is 0 Å². The summed E-state index contributed by atoms with van der Waals surface area (Å²) in [5.74, 6) is 0.151. The van der Waals surface area contributed by atoms with Gasteiger partial charge in [0.2, 0.25) is 0 Å². The second-order valence-electron chi connectivity index (χ2n) is 4.25. The van der Waals surface area contributed by atoms with Crippen LogP contribution >= 0.6 is 15.9 Å². The van der Waals surface area contributed by atoms with Gasteiger partial charge in [-0.2, -0.15) is 0 Å². The van der Waals surface area contributed by atoms with Gasteiger partial charge in [0.05, 0.1) is 0 Å². The Bertz CT molecular complexity index is 369. The zero-order valence-corrected chi connectivity index (χ0v) is 11.2. The normalized spacial score (nSPS) is 11.0. The van der Waals surface area contributed by atoms with E-state index in [0.29, 0.717) is 16.8 Å². The molecule has 0 unspecified atom stereocenters. The van der Waals surface area contributed by atoms with Crippen molar-refractivity contribution < 1.29 is 14.3 Å². The fourth-order valence-electron chi connectivity index (χ4n) is 1.15. The minimum atomic E-state index is -0.501. The Morgan fingerprint density at radius 2 is 1.94 bits per heavy atom. The van der Waals surface area contributed by atoms with Crippen molar-refractivity contribution in [3.63, 3.8) is 0 Å². The highest BCUT2D eigenvalue weighted by molar-refractivity contribution is 9.09. The predicted molar refractivity (Wildman–Crippen MR) is 66.0 cm³/mol. The molecule has 0 aliphatic carbocycles. The van der Waals surface area contributed by atoms with Crippen molar-refractivity contribution in [1.29, 1.82) is 0 Å². The lowest BCUT2D eigenvalue weighted by Gasteiger charge is -2.20. The van der Waals surface area contributed by atoms with Gasteiger partial charge in [0.15, 0.2) is 0 Å². The molecule has 1 aromatic carbocycles. The Balaban J connectivity index is 2.90. The van der Waals surface area contributed by atoms with E-state index >= 15 is 0 Å². The lowest BCUT2D eigenvalue weighted by molar-refractivity contribution is 0.00664. The molecule has 0 aliphatic rings. The van der Waals surface area contributed by atoms with Crippen LogP contribution in [0.1, 0.15) is 31.1 Å². The molecule has 88 valence electrons. The standard InChI is InChI=1S/C12H15BrO3/c1-12(2,3)16-11(14)9-6-4-5-7-10(9)15-8-13/h4-7H,8H2,1-3H3. The van der Waals surface area contributed by atoms with Crippen molar-refractivity contribution >= 4 is 21.9 Å². The largest absolute Gasteiger partial charge is 0.482 e. The number of esters is 1. The first-order valence-electron chi connectivity index (χ1n) is 4.95. The topological polar surface area (TPSA) is 35.5 Å². The molecule has 0 atom stereocenters. The van der Waals surface area contributed by atoms with E-state index < -0.39 is 5.60 Å². The van der Waals surface area contributed by atoms with Crippen LogP contribution in [0.4, 0.5) is 0 Å². The highest BCUT2D eigenvalue weighted by Gasteiger charge is 2.20. The van der Waals surface area contributed by atoms with Crippen LogP contribution in [-0.4, -0.2) is 17.1 Å². The molecule has 0 bridgehead atoms. The van der Waals surface area contributed by atoms with E-state index in [1.54, 1.807) is 18.2 Å². The van der Waals surface area contributed by atoms with E-state index in [1.807, 2.05) is 26.8 Å². The van der Waals surface area contributed by atoms with Gasteiger partial charge < -0.3 is 9.47 Å². The van der Waals surface area contributed by atoms with Crippen LogP contribution < -0.4 is 4.74 Å². The van der Waals surface area contributed by atoms with Crippen LogP contribution in [0.15, 0.2) is 24.3 Å². The Morgan fingerprint density at radius 1 is 1.31 bits per heavy atom. The van der Waals surface area contributed by atoms with Gasteiger partial charge in [0, 0.05) is 0 Å². The third-order valence-electron chi connectivity index (χ3n) is 1.72. The first-order valence-corrected chi connectivity index (χ1v) is 6.07. The fraction of sp³-hybridized carbons (Fsp3) is 0.417. The van der Waals surface area contributed by atoms with Gasteiger partial charge >= 0.3 is 5.97 Å². The van der Waals surface area contributed by atoms with Crippen LogP contribution in [-0.2, 0) is 4.74 Å². The van der Waals surface area contributed by atoms with E-state index in [9.17, 15) is 4.79 Å². The van der Waals surface area contributed by atoms with Crippen molar-refractivity contribution in [2.45, 2.75) is 26.4 Å². The van der Waals surface area contributed by atoms with E-state index in [1.165, 1.54) is 0 Å². The molecule has 4 heteroatoms. The summed E-state index contributed by atoms with van der Waals surface area (Å²) < 4.78 is 10.6. The Morgan fingerprint density at radius 3 is 2.50 bits per heavy atom. The van der Waals surface area contributed by atoms with E-state index in [2.05, 4.69) is 15.9 Å². The Hall–Kier alpha value is -1.03. The van der Waals surface area contributed by atoms with E-state index in [4.69, 9.17) is 9.47 Å². The third kappa shape index (κ3) is 3.85. The fourth-order valence-corrected chi connectivity index (χ4v) is 1.40. The lowest BCUT2D eigenvalue weighted by Crippen LogP contribution is -2.24. The van der Waals surface area contributed by atoms with Crippen LogP contribution in [0.2, 0.25) is 0 Å². The summed E-state index contributed by atoms with van der Waals surface area (Å²) in [6.07, 6.45) is 0. The molecule has 0 aromatic heterocycles. The van der Waals surface area contributed by atoms with Gasteiger partial charge in [-0.05, 0) is 48.8 Å². The summed E-state index contributed by atoms with van der Waals surface area (Å²) in [5, 5.41) is 0. The average Bonchev–Trinajstić information content (AvgIpc) is 2.16. The summed E-state index contributed by atoms with van der Waals surface area (Å²) in [6.45, 7) is 5.50. The number of benzene rings is 1. The average molecular weight is 287 g/mol. The van der Waals surface area contributed by atoms with Crippen molar-refractivity contribution in [1.82, 2.24) is 0 Å². The zero-order chi connectivity index (χ0) is 12.2. The van der Waals surface area contributed by atoms with Gasteiger partial charge in [0.1, 0.15) is 22.4 Å². The molecule has 0 amide bonds. The summed E-state index contributed by atoms with van der Waals surface area (Å²) in [4.78, 5) is 11.8. The Kier molecular flexibility index (Phi) is 4.35. The quantitative estimate of drug-likeness (QED) is 0.631. The number of rotatable bonds is 3. The number of carbonyl (C=O) groups is 1. The molecule has 16 heavy (non-hydrogen) atoms. The van der Waals surface area contributed by atoms with Crippen LogP contribution in [0.5, 0.6) is 5.75 Å². The SMILES string of the molecule is CC(C)(C)OC(=O)c1ccccc1OCBr. The summed E-state index contributed by atoms with van der Waals surface area (Å²) in [5.41, 5.74) is 0.280. The van der Waals surface area contributed by atoms with Crippen molar-refractivity contribution in [3.05, 3.63) is 29.8 Å². The second kappa shape index (κ2) is 5.34. The molecule has 0 saturated heterocycles. The lowest BCUT2D eigenvalue weighted by atomic mass is 10.1. The number of para-hydroxylation sites is 1. The van der Waals surface area contributed by atoms with Crippen LogP contribution in [0, 0.1) is 0 Å². The van der Waals surface area contributed by atoms with Gasteiger partial charge in [-0.15, -0.1) is 0 Å². The molecule has 0 N–H and O–H groups in total. The molecular weight excluding hydrogens is 272 g/mol. The molecule has 1 aromatic rings. The summed E-state index contributed by atoms with van der Waals surface area (Å²) in [6, 6.07) is 7.01. The number of hydrogen-bond donors (Lipinski definition) is 0. The number of carbonyl (C=O) groups excluding carboxylic acids is 1. The van der Waals surface area contributed by atoms with E-state index in [0.717, 1.165) is 0 Å². The minimum Gasteiger partial charge on any atom is -0.482 e. The molecule has 3 nitrogen and oxygen atoms in total. The number of hydrogen-bond acceptors (Lipinski definition) is 3. The maximum Gasteiger partial charge on any atom is 0.342 e. The molecule has 0 fully saturated rings. The highest BCUT2D eigenvalue weighted by atomic mass is 79.9. The summed E-state index contributed by atoms with van der Waals surface area (Å²) >= 11 is 3.16. The molecule has 0 spiro atoms. The third-order valence-corrected chi connectivity index (χ3v) is 1.94. The molecule has 0 heterocycles. The number of ether oxygens (including phenoxy) is 2. The van der Waals surface area contributed by atoms with Gasteiger partial charge in [-0.3, -0.25) is 0 Å². The zero-order valence-electron chi connectivity index (χ0n) is 9.62. The van der Waals surface area contributed by atoms with Crippen LogP contribution in [0.3, 0.4) is 0 Å². The molecule has 0 aliphatic heterocycles. The molecule has 0 saturated carbocycles. The number of halogens is 1. The van der Waals surface area contributed by atoms with E-state index in [-0.39, 0.29) is 5.97 Å². The predicted octanol–water partition coefficient (Wildman–Crippen LogP) is 3.37. The minimum absolute atomic E-state index is 0.340. The Labute approximate surface area is 104 Å². The first-order chi connectivity index (χ1) is 7.44. The van der Waals surface area contributed by atoms with Crippen molar-refractivity contribution in [3.8, 4) is 5.75 Å². The monoisotopic (exact) mass is 286 g/mol. The van der Waals surface area contributed by atoms with Gasteiger partial charge in [0.25, 0.3) is 0 Å². The molecular formula is C12H15BrO3. The molecule has 0 radical (unpaired) electrons.